The molecule has 4 rings (SSSR count). The van der Waals surface area contributed by atoms with Gasteiger partial charge in [0.1, 0.15) is 0 Å². The van der Waals surface area contributed by atoms with Gasteiger partial charge in [-0.2, -0.15) is 0 Å². The lowest BCUT2D eigenvalue weighted by atomic mass is 9.76. The van der Waals surface area contributed by atoms with E-state index in [2.05, 4.69) is 42.5 Å². The molecule has 27 heavy (non-hydrogen) atoms. The Bertz CT molecular complexity index is 882. The van der Waals surface area contributed by atoms with E-state index >= 15 is 0 Å². The summed E-state index contributed by atoms with van der Waals surface area (Å²) < 4.78 is 27.2. The third-order valence-electron chi connectivity index (χ3n) is 5.92. The normalized spacial score (nSPS) is 19.8. The molecule has 3 aromatic carbocycles. The fourth-order valence-electron chi connectivity index (χ4n) is 4.33. The molecule has 1 fully saturated rings. The van der Waals surface area contributed by atoms with Gasteiger partial charge < -0.3 is 0 Å². The summed E-state index contributed by atoms with van der Waals surface area (Å²) in [5.74, 6) is -0.281. The van der Waals surface area contributed by atoms with Crippen LogP contribution in [0.1, 0.15) is 54.2 Å². The topological polar surface area (TPSA) is 0 Å². The molecule has 0 nitrogen and oxygen atoms in total. The first kappa shape index (κ1) is 17.9. The molecule has 0 aliphatic heterocycles. The fourth-order valence-corrected chi connectivity index (χ4v) is 4.33. The van der Waals surface area contributed by atoms with Crippen LogP contribution in [0.25, 0.3) is 11.1 Å². The fraction of sp³-hybridized carbons (Fsp3) is 0.280. The first-order chi connectivity index (χ1) is 13.1. The van der Waals surface area contributed by atoms with Gasteiger partial charge in [0.05, 0.1) is 0 Å². The van der Waals surface area contributed by atoms with Gasteiger partial charge in [-0.25, -0.2) is 8.78 Å². The highest BCUT2D eigenvalue weighted by molar-refractivity contribution is 5.64. The van der Waals surface area contributed by atoms with Crippen LogP contribution in [0.2, 0.25) is 0 Å². The molecule has 0 heterocycles. The van der Waals surface area contributed by atoms with Crippen LogP contribution in [-0.4, -0.2) is 0 Å². The summed E-state index contributed by atoms with van der Waals surface area (Å²) in [5.41, 5.74) is 4.81. The van der Waals surface area contributed by atoms with Crippen LogP contribution < -0.4 is 0 Å². The van der Waals surface area contributed by atoms with E-state index < -0.39 is 11.6 Å². The summed E-state index contributed by atoms with van der Waals surface area (Å²) in [7, 11) is 0. The zero-order valence-corrected chi connectivity index (χ0v) is 15.6. The number of halogens is 2. The smallest absolute Gasteiger partial charge is 0.161 e. The standard InChI is InChI=1S/C25H24F2/c1-17-15-23(16-24(26)25(17)27)22-13-11-21(12-14-22)20-9-7-19(8-10-20)18-5-3-2-4-6-18/h2-6,11-16,19-20H,7-10H2,1H3. The van der Waals surface area contributed by atoms with Crippen molar-refractivity contribution in [2.45, 2.75) is 44.4 Å². The maximum absolute atomic E-state index is 13.7. The van der Waals surface area contributed by atoms with Crippen molar-refractivity contribution in [1.82, 2.24) is 0 Å². The number of rotatable bonds is 3. The van der Waals surface area contributed by atoms with Crippen LogP contribution in [0.3, 0.4) is 0 Å². The molecular formula is C25H24F2. The summed E-state index contributed by atoms with van der Waals surface area (Å²) in [4.78, 5) is 0. The molecule has 0 N–H and O–H groups in total. The molecule has 0 spiro atoms. The third kappa shape index (κ3) is 3.80. The van der Waals surface area contributed by atoms with Gasteiger partial charge in [-0.15, -0.1) is 0 Å². The summed E-state index contributed by atoms with van der Waals surface area (Å²) in [6.07, 6.45) is 4.84. The molecule has 3 aromatic rings. The van der Waals surface area contributed by atoms with Crippen molar-refractivity contribution in [3.8, 4) is 11.1 Å². The van der Waals surface area contributed by atoms with E-state index in [1.807, 2.05) is 12.1 Å². The first-order valence-electron chi connectivity index (χ1n) is 9.73. The monoisotopic (exact) mass is 362 g/mol. The predicted molar refractivity (Wildman–Crippen MR) is 107 cm³/mol. The van der Waals surface area contributed by atoms with Gasteiger partial charge in [-0.05, 0) is 84.4 Å². The Morgan fingerprint density at radius 1 is 0.667 bits per heavy atom. The van der Waals surface area contributed by atoms with Gasteiger partial charge in [-0.3, -0.25) is 0 Å². The third-order valence-corrected chi connectivity index (χ3v) is 5.92. The second-order valence-electron chi connectivity index (χ2n) is 7.67. The summed E-state index contributed by atoms with van der Waals surface area (Å²) in [6.45, 7) is 1.60. The van der Waals surface area contributed by atoms with Gasteiger partial charge >= 0.3 is 0 Å². The molecule has 1 aliphatic rings. The number of benzene rings is 3. The van der Waals surface area contributed by atoms with Crippen molar-refractivity contribution in [2.75, 3.05) is 0 Å². The summed E-state index contributed by atoms with van der Waals surface area (Å²) in [6, 6.07) is 22.2. The number of aryl methyl sites for hydroxylation is 1. The van der Waals surface area contributed by atoms with E-state index in [9.17, 15) is 8.78 Å². The molecule has 1 saturated carbocycles. The van der Waals surface area contributed by atoms with E-state index in [1.54, 1.807) is 13.0 Å². The minimum atomic E-state index is -0.784. The molecule has 138 valence electrons. The average molecular weight is 362 g/mol. The highest BCUT2D eigenvalue weighted by Crippen LogP contribution is 2.40. The molecule has 0 amide bonds. The van der Waals surface area contributed by atoms with Gasteiger partial charge in [-0.1, -0.05) is 54.6 Å². The lowest BCUT2D eigenvalue weighted by molar-refractivity contribution is 0.396. The van der Waals surface area contributed by atoms with Gasteiger partial charge in [0.15, 0.2) is 11.6 Å². The van der Waals surface area contributed by atoms with Crippen molar-refractivity contribution in [3.05, 3.63) is 95.1 Å². The Kier molecular flexibility index (Phi) is 5.07. The molecule has 0 aromatic heterocycles. The maximum atomic E-state index is 13.7. The van der Waals surface area contributed by atoms with Crippen LogP contribution in [-0.2, 0) is 0 Å². The molecule has 0 radical (unpaired) electrons. The van der Waals surface area contributed by atoms with Crippen LogP contribution >= 0.6 is 0 Å². The lowest BCUT2D eigenvalue weighted by Gasteiger charge is -2.29. The van der Waals surface area contributed by atoms with Crippen LogP contribution in [0, 0.1) is 18.6 Å². The summed E-state index contributed by atoms with van der Waals surface area (Å²) >= 11 is 0. The second-order valence-corrected chi connectivity index (χ2v) is 7.67. The minimum Gasteiger partial charge on any atom is -0.204 e. The largest absolute Gasteiger partial charge is 0.204 e. The molecule has 0 unspecified atom stereocenters. The summed E-state index contributed by atoms with van der Waals surface area (Å²) in [5, 5.41) is 0. The van der Waals surface area contributed by atoms with E-state index in [-0.39, 0.29) is 0 Å². The number of hydrogen-bond donors (Lipinski definition) is 0. The SMILES string of the molecule is Cc1cc(-c2ccc(C3CCC(c4ccccc4)CC3)cc2)cc(F)c1F. The predicted octanol–water partition coefficient (Wildman–Crippen LogP) is 7.38. The lowest BCUT2D eigenvalue weighted by Crippen LogP contribution is -2.12. The molecule has 0 saturated heterocycles. The van der Waals surface area contributed by atoms with Crippen LogP contribution in [0.4, 0.5) is 8.78 Å². The first-order valence-corrected chi connectivity index (χ1v) is 9.73. The Morgan fingerprint density at radius 3 is 1.78 bits per heavy atom. The van der Waals surface area contributed by atoms with E-state index in [0.717, 1.165) is 11.1 Å². The maximum Gasteiger partial charge on any atom is 0.161 e. The van der Waals surface area contributed by atoms with E-state index in [1.165, 1.54) is 42.9 Å². The molecule has 1 aliphatic carbocycles. The van der Waals surface area contributed by atoms with Crippen LogP contribution in [0.5, 0.6) is 0 Å². The minimum absolute atomic E-state index is 0.341. The van der Waals surface area contributed by atoms with Gasteiger partial charge in [0, 0.05) is 0 Å². The van der Waals surface area contributed by atoms with Gasteiger partial charge in [0.25, 0.3) is 0 Å². The molecule has 0 bridgehead atoms. The Morgan fingerprint density at radius 2 is 1.22 bits per heavy atom. The zero-order chi connectivity index (χ0) is 18.8. The number of hydrogen-bond acceptors (Lipinski definition) is 0. The average Bonchev–Trinajstić information content (AvgIpc) is 2.72. The molecular weight excluding hydrogens is 338 g/mol. The molecule has 0 atom stereocenters. The molecule has 2 heteroatoms. The highest BCUT2D eigenvalue weighted by atomic mass is 19.2. The second kappa shape index (κ2) is 7.64. The van der Waals surface area contributed by atoms with E-state index in [0.29, 0.717) is 17.4 Å². The van der Waals surface area contributed by atoms with E-state index in [4.69, 9.17) is 0 Å². The van der Waals surface area contributed by atoms with Crippen molar-refractivity contribution in [3.63, 3.8) is 0 Å². The van der Waals surface area contributed by atoms with Crippen LogP contribution in [0.15, 0.2) is 66.7 Å². The van der Waals surface area contributed by atoms with Crippen molar-refractivity contribution < 1.29 is 8.78 Å². The van der Waals surface area contributed by atoms with Crippen molar-refractivity contribution in [2.24, 2.45) is 0 Å². The zero-order valence-electron chi connectivity index (χ0n) is 15.6. The van der Waals surface area contributed by atoms with Gasteiger partial charge in [0.2, 0.25) is 0 Å². The Hall–Kier alpha value is -2.48. The van der Waals surface area contributed by atoms with Crippen molar-refractivity contribution >= 4 is 0 Å². The van der Waals surface area contributed by atoms with Crippen molar-refractivity contribution in [1.29, 1.82) is 0 Å². The Balaban J connectivity index is 1.46. The highest BCUT2D eigenvalue weighted by Gasteiger charge is 2.23. The quantitative estimate of drug-likeness (QED) is 0.456. The Labute approximate surface area is 159 Å².